The second-order valence-corrected chi connectivity index (χ2v) is 8.10. The lowest BCUT2D eigenvalue weighted by molar-refractivity contribution is -0.0660. The number of alkyl halides is 1. The maximum absolute atomic E-state index is 13.8. The average Bonchev–Trinajstić information content (AvgIpc) is 2.45. The zero-order valence-corrected chi connectivity index (χ0v) is 14.8. The van der Waals surface area contributed by atoms with Crippen molar-refractivity contribution in [3.63, 3.8) is 0 Å². The predicted octanol–water partition coefficient (Wildman–Crippen LogP) is 2.43. The van der Waals surface area contributed by atoms with Gasteiger partial charge < -0.3 is 15.7 Å². The lowest BCUT2D eigenvalue weighted by Gasteiger charge is -2.67. The Labute approximate surface area is 150 Å². The highest BCUT2D eigenvalue weighted by atomic mass is 35.5. The maximum atomic E-state index is 13.8. The smallest absolute Gasteiger partial charge is 0.255 e. The predicted molar refractivity (Wildman–Crippen MR) is 91.0 cm³/mol. The van der Waals surface area contributed by atoms with Gasteiger partial charge >= 0.3 is 0 Å². The van der Waals surface area contributed by atoms with Crippen LogP contribution in [0, 0.1) is 16.7 Å². The summed E-state index contributed by atoms with van der Waals surface area (Å²) in [6.07, 6.45) is 1.96. The molecule has 3 aliphatic rings. The summed E-state index contributed by atoms with van der Waals surface area (Å²) in [6, 6.07) is 3.88. The van der Waals surface area contributed by atoms with E-state index >= 15 is 0 Å². The van der Waals surface area contributed by atoms with E-state index in [9.17, 15) is 14.3 Å². The minimum atomic E-state index is -1.60. The van der Waals surface area contributed by atoms with Crippen LogP contribution < -0.4 is 10.6 Å². The quantitative estimate of drug-likeness (QED) is 0.672. The average molecular weight is 367 g/mol. The summed E-state index contributed by atoms with van der Waals surface area (Å²) in [4.78, 5) is 16.3. The summed E-state index contributed by atoms with van der Waals surface area (Å²) in [6.45, 7) is 2.37. The third-order valence-electron chi connectivity index (χ3n) is 4.99. The van der Waals surface area contributed by atoms with Crippen LogP contribution in [-0.2, 0) is 0 Å². The van der Waals surface area contributed by atoms with Crippen molar-refractivity contribution in [3.05, 3.63) is 23.0 Å². The fourth-order valence-electron chi connectivity index (χ4n) is 3.57. The second-order valence-electron chi connectivity index (χ2n) is 7.71. The molecule has 6 nitrogen and oxygen atoms in total. The highest BCUT2D eigenvalue weighted by Crippen LogP contribution is 2.68. The summed E-state index contributed by atoms with van der Waals surface area (Å²) in [5.41, 5.74) is -1.17. The monoisotopic (exact) mass is 366 g/mol. The number of aromatic nitrogens is 1. The van der Waals surface area contributed by atoms with E-state index in [-0.39, 0.29) is 28.2 Å². The molecule has 0 aromatic carbocycles. The highest BCUT2D eigenvalue weighted by molar-refractivity contribution is 6.29. The van der Waals surface area contributed by atoms with E-state index in [1.807, 2.05) is 0 Å². The number of hydrogen-bond acceptors (Lipinski definition) is 5. The Morgan fingerprint density at radius 1 is 1.56 bits per heavy atom. The van der Waals surface area contributed by atoms with Crippen molar-refractivity contribution in [2.75, 3.05) is 11.9 Å². The first-order valence-electron chi connectivity index (χ1n) is 8.08. The first-order chi connectivity index (χ1) is 11.6. The minimum absolute atomic E-state index is 0.175. The molecule has 25 heavy (non-hydrogen) atoms. The molecule has 3 N–H and O–H groups in total. The number of nitrogens with zero attached hydrogens (tertiary/aromatic N) is 2. The molecule has 0 aliphatic heterocycles. The number of halogens is 2. The molecule has 1 unspecified atom stereocenters. The van der Waals surface area contributed by atoms with E-state index < -0.39 is 17.7 Å². The van der Waals surface area contributed by atoms with Crippen LogP contribution in [0.1, 0.15) is 43.5 Å². The van der Waals surface area contributed by atoms with E-state index in [4.69, 9.17) is 16.9 Å². The zero-order chi connectivity index (χ0) is 18.5. The minimum Gasteiger partial charge on any atom is -0.387 e. The normalized spacial score (nSPS) is 28.2. The van der Waals surface area contributed by atoms with Crippen LogP contribution in [0.15, 0.2) is 12.3 Å². The Morgan fingerprint density at radius 3 is 2.76 bits per heavy atom. The summed E-state index contributed by atoms with van der Waals surface area (Å²) >= 11 is 5.94. The highest BCUT2D eigenvalue weighted by Gasteiger charge is 2.68. The van der Waals surface area contributed by atoms with Gasteiger partial charge in [0.25, 0.3) is 5.91 Å². The molecule has 3 saturated carbocycles. The van der Waals surface area contributed by atoms with Gasteiger partial charge in [0, 0.05) is 11.7 Å². The van der Waals surface area contributed by atoms with Crippen molar-refractivity contribution < 1.29 is 14.3 Å². The lowest BCUT2D eigenvalue weighted by atomic mass is 9.40. The molecule has 1 aromatic heterocycles. The van der Waals surface area contributed by atoms with Crippen LogP contribution in [0.4, 0.5) is 10.1 Å². The molecule has 3 aliphatic carbocycles. The van der Waals surface area contributed by atoms with Gasteiger partial charge in [0.2, 0.25) is 0 Å². The number of carbonyl (C=O) groups excluding carboxylic acids is 1. The SMILES string of the molecule is CC(C)(O)C(F)CNC(=O)c1cnc(Cl)cc1NC12CC(C#N)(C1)C2. The fourth-order valence-corrected chi connectivity index (χ4v) is 3.72. The molecule has 0 radical (unpaired) electrons. The van der Waals surface area contributed by atoms with Crippen LogP contribution in [0.5, 0.6) is 0 Å². The van der Waals surface area contributed by atoms with Crippen LogP contribution in [0.3, 0.4) is 0 Å². The number of amides is 1. The van der Waals surface area contributed by atoms with Gasteiger partial charge in [-0.2, -0.15) is 5.26 Å². The Morgan fingerprint density at radius 2 is 2.20 bits per heavy atom. The summed E-state index contributed by atoms with van der Waals surface area (Å²) < 4.78 is 13.8. The molecule has 3 fully saturated rings. The van der Waals surface area contributed by atoms with E-state index in [1.54, 1.807) is 6.07 Å². The van der Waals surface area contributed by atoms with Gasteiger partial charge in [0.1, 0.15) is 11.3 Å². The maximum Gasteiger partial charge on any atom is 0.255 e. The van der Waals surface area contributed by atoms with Crippen LogP contribution >= 0.6 is 11.6 Å². The number of nitrogens with one attached hydrogen (secondary N) is 2. The van der Waals surface area contributed by atoms with Crippen molar-refractivity contribution in [3.8, 4) is 6.07 Å². The number of aliphatic hydroxyl groups is 1. The van der Waals surface area contributed by atoms with Crippen molar-refractivity contribution in [2.24, 2.45) is 5.41 Å². The Bertz CT molecular complexity index is 736. The Balaban J connectivity index is 1.70. The molecule has 1 aromatic rings. The lowest BCUT2D eigenvalue weighted by Crippen LogP contribution is -2.70. The van der Waals surface area contributed by atoms with E-state index in [0.29, 0.717) is 5.69 Å². The fraction of sp³-hybridized carbons (Fsp3) is 0.588. The molecule has 4 rings (SSSR count). The van der Waals surface area contributed by atoms with Crippen molar-refractivity contribution in [2.45, 2.75) is 50.4 Å². The number of carbonyl (C=O) groups is 1. The van der Waals surface area contributed by atoms with Gasteiger partial charge in [-0.25, -0.2) is 9.37 Å². The van der Waals surface area contributed by atoms with E-state index in [1.165, 1.54) is 20.0 Å². The van der Waals surface area contributed by atoms with E-state index in [2.05, 4.69) is 21.7 Å². The summed E-state index contributed by atoms with van der Waals surface area (Å²) in [5, 5.41) is 24.7. The molecule has 134 valence electrons. The van der Waals surface area contributed by atoms with Gasteiger partial charge in [-0.05, 0) is 39.2 Å². The molecule has 0 spiro atoms. The Kier molecular flexibility index (Phi) is 4.17. The number of nitriles is 1. The van der Waals surface area contributed by atoms with E-state index in [0.717, 1.165) is 19.3 Å². The van der Waals surface area contributed by atoms with Gasteiger partial charge in [0.15, 0.2) is 0 Å². The third kappa shape index (κ3) is 3.29. The van der Waals surface area contributed by atoms with Crippen molar-refractivity contribution in [1.29, 1.82) is 5.26 Å². The molecule has 1 atom stereocenters. The molecular formula is C17H20ClFN4O2. The van der Waals surface area contributed by atoms with Crippen LogP contribution in [0.2, 0.25) is 5.15 Å². The summed E-state index contributed by atoms with van der Waals surface area (Å²) in [7, 11) is 0. The molecule has 2 bridgehead atoms. The van der Waals surface area contributed by atoms with Crippen molar-refractivity contribution >= 4 is 23.2 Å². The van der Waals surface area contributed by atoms with Crippen molar-refractivity contribution in [1.82, 2.24) is 10.3 Å². The molecule has 8 heteroatoms. The van der Waals surface area contributed by atoms with Gasteiger partial charge in [0.05, 0.1) is 34.9 Å². The molecule has 1 amide bonds. The largest absolute Gasteiger partial charge is 0.387 e. The van der Waals surface area contributed by atoms with Crippen LogP contribution in [-0.4, -0.2) is 39.9 Å². The summed E-state index contributed by atoms with van der Waals surface area (Å²) in [5.74, 6) is -0.500. The first-order valence-corrected chi connectivity index (χ1v) is 8.46. The third-order valence-corrected chi connectivity index (χ3v) is 5.20. The van der Waals surface area contributed by atoms with Gasteiger partial charge in [-0.15, -0.1) is 0 Å². The number of rotatable bonds is 6. The number of pyridine rings is 1. The van der Waals surface area contributed by atoms with Gasteiger partial charge in [-0.3, -0.25) is 4.79 Å². The van der Waals surface area contributed by atoms with Crippen LogP contribution in [0.25, 0.3) is 0 Å². The second kappa shape index (κ2) is 5.82. The number of anilines is 1. The molecule has 0 saturated heterocycles. The molecule has 1 heterocycles. The van der Waals surface area contributed by atoms with Gasteiger partial charge in [-0.1, -0.05) is 11.6 Å². The number of hydrogen-bond donors (Lipinski definition) is 3. The molecular weight excluding hydrogens is 347 g/mol. The first kappa shape index (κ1) is 17.9. The standard InChI is InChI=1S/C17H20ClFN4O2/c1-15(2,25)12(19)5-22-14(24)10-4-21-13(18)3-11(10)23-17-6-16(7-17,8-17)9-20/h3-4,12,25H,5-8H2,1-2H3,(H,21,23)(H,22,24). The topological polar surface area (TPSA) is 98.0 Å². The Hall–Kier alpha value is -1.91. The zero-order valence-electron chi connectivity index (χ0n) is 14.1.